The van der Waals surface area contributed by atoms with Gasteiger partial charge in [-0.15, -0.1) is 0 Å². The van der Waals surface area contributed by atoms with Crippen molar-refractivity contribution in [2.24, 2.45) is 0 Å². The molecule has 3 aromatic rings. The van der Waals surface area contributed by atoms with Gasteiger partial charge < -0.3 is 18.9 Å². The number of hydrogen-bond donors (Lipinski definition) is 0. The molecule has 7 nitrogen and oxygen atoms in total. The van der Waals surface area contributed by atoms with Crippen LogP contribution in [0.5, 0.6) is 17.2 Å². The first-order chi connectivity index (χ1) is 18.0. The van der Waals surface area contributed by atoms with Crippen LogP contribution in [0.4, 0.5) is 0 Å². The standard InChI is InChI=1S/C16H12O3.C11H16O3.C3H4O/c1-2-16(18)19-15-9-7-14(8-10-15)13-5-3-12(11-17)4-6-13;1-12-8-3-9-14-11-6-4-10(13-2)5-7-11;1-2-3-4/h2-11H,1H2;4-7H,3,8-9H2,1-2H3;2-3H,1H2. The van der Waals surface area contributed by atoms with Crippen LogP contribution in [0.25, 0.3) is 11.1 Å². The number of hydrogen-bond acceptors (Lipinski definition) is 7. The van der Waals surface area contributed by atoms with E-state index in [1.807, 2.05) is 48.5 Å². The van der Waals surface area contributed by atoms with Gasteiger partial charge in [-0.1, -0.05) is 49.6 Å². The molecular formula is C30H32O7. The summed E-state index contributed by atoms with van der Waals surface area (Å²) >= 11 is 0. The third kappa shape index (κ3) is 12.7. The normalized spacial score (nSPS) is 9.24. The Morgan fingerprint density at radius 2 is 1.27 bits per heavy atom. The molecule has 0 saturated heterocycles. The van der Waals surface area contributed by atoms with Gasteiger partial charge in [0.05, 0.1) is 13.7 Å². The molecule has 37 heavy (non-hydrogen) atoms. The van der Waals surface area contributed by atoms with Crippen LogP contribution in [-0.2, 0) is 14.3 Å². The summed E-state index contributed by atoms with van der Waals surface area (Å²) in [4.78, 5) is 30.7. The monoisotopic (exact) mass is 504 g/mol. The van der Waals surface area contributed by atoms with Crippen molar-refractivity contribution >= 4 is 18.5 Å². The fourth-order valence-electron chi connectivity index (χ4n) is 2.69. The summed E-state index contributed by atoms with van der Waals surface area (Å²) < 4.78 is 20.4. The van der Waals surface area contributed by atoms with Crippen LogP contribution in [0, 0.1) is 0 Å². The number of carbonyl (C=O) groups is 3. The first-order valence-electron chi connectivity index (χ1n) is 11.3. The molecular weight excluding hydrogens is 472 g/mol. The van der Waals surface area contributed by atoms with Crippen LogP contribution in [0.15, 0.2) is 98.1 Å². The SMILES string of the molecule is C=CC(=O)Oc1ccc(-c2ccc(C=O)cc2)cc1.C=CC=O.COCCCOc1ccc(OC)cc1. The van der Waals surface area contributed by atoms with Crippen LogP contribution < -0.4 is 14.2 Å². The number of carbonyl (C=O) groups excluding carboxylic acids is 3. The molecule has 0 aliphatic carbocycles. The van der Waals surface area contributed by atoms with Gasteiger partial charge in [-0.3, -0.25) is 9.59 Å². The van der Waals surface area contributed by atoms with Crippen molar-refractivity contribution in [3.63, 3.8) is 0 Å². The maximum atomic E-state index is 11.0. The highest BCUT2D eigenvalue weighted by molar-refractivity contribution is 5.83. The highest BCUT2D eigenvalue weighted by Crippen LogP contribution is 2.22. The van der Waals surface area contributed by atoms with E-state index in [9.17, 15) is 9.59 Å². The van der Waals surface area contributed by atoms with E-state index in [2.05, 4.69) is 13.2 Å². The van der Waals surface area contributed by atoms with Gasteiger partial charge in [-0.05, 0) is 53.6 Å². The predicted molar refractivity (Wildman–Crippen MR) is 144 cm³/mol. The van der Waals surface area contributed by atoms with E-state index in [-0.39, 0.29) is 0 Å². The Balaban J connectivity index is 0.000000335. The van der Waals surface area contributed by atoms with E-state index in [4.69, 9.17) is 23.7 Å². The summed E-state index contributed by atoms with van der Waals surface area (Å²) in [6.45, 7) is 7.86. The lowest BCUT2D eigenvalue weighted by Gasteiger charge is -2.06. The first kappa shape index (κ1) is 30.5. The summed E-state index contributed by atoms with van der Waals surface area (Å²) in [6.07, 6.45) is 4.66. The van der Waals surface area contributed by atoms with Crippen LogP contribution in [0.3, 0.4) is 0 Å². The topological polar surface area (TPSA) is 88.1 Å². The number of ether oxygens (including phenoxy) is 4. The fraction of sp³-hybridized carbons (Fsp3) is 0.167. The van der Waals surface area contributed by atoms with Crippen molar-refractivity contribution in [2.45, 2.75) is 6.42 Å². The van der Waals surface area contributed by atoms with E-state index in [1.165, 1.54) is 6.08 Å². The average molecular weight is 505 g/mol. The van der Waals surface area contributed by atoms with Crippen LogP contribution in [0.1, 0.15) is 16.8 Å². The summed E-state index contributed by atoms with van der Waals surface area (Å²) in [6, 6.07) is 21.9. The Morgan fingerprint density at radius 1 is 0.757 bits per heavy atom. The minimum atomic E-state index is -0.483. The van der Waals surface area contributed by atoms with Crippen LogP contribution in [-0.4, -0.2) is 46.0 Å². The van der Waals surface area contributed by atoms with E-state index >= 15 is 0 Å². The highest BCUT2D eigenvalue weighted by atomic mass is 16.5. The Labute approximate surface area is 217 Å². The molecule has 194 valence electrons. The van der Waals surface area contributed by atoms with Crippen LogP contribution >= 0.6 is 0 Å². The Kier molecular flexibility index (Phi) is 15.5. The lowest BCUT2D eigenvalue weighted by molar-refractivity contribution is -0.129. The predicted octanol–water partition coefficient (Wildman–Crippen LogP) is 5.74. The lowest BCUT2D eigenvalue weighted by atomic mass is 10.0. The Morgan fingerprint density at radius 3 is 1.73 bits per heavy atom. The molecule has 0 N–H and O–H groups in total. The van der Waals surface area contributed by atoms with Gasteiger partial charge in [0.25, 0.3) is 0 Å². The Hall–Kier alpha value is -4.49. The van der Waals surface area contributed by atoms with Gasteiger partial charge in [-0.2, -0.15) is 0 Å². The van der Waals surface area contributed by atoms with E-state index in [0.717, 1.165) is 48.0 Å². The minimum absolute atomic E-state index is 0.471. The number of allylic oxidation sites excluding steroid dienone is 1. The van der Waals surface area contributed by atoms with Crippen molar-refractivity contribution in [3.8, 4) is 28.4 Å². The van der Waals surface area contributed by atoms with Gasteiger partial charge in [0.15, 0.2) is 0 Å². The van der Waals surface area contributed by atoms with Crippen molar-refractivity contribution in [1.29, 1.82) is 0 Å². The molecule has 0 bridgehead atoms. The third-order valence-corrected chi connectivity index (χ3v) is 4.54. The van der Waals surface area contributed by atoms with Gasteiger partial charge in [0.1, 0.15) is 29.8 Å². The van der Waals surface area contributed by atoms with E-state index < -0.39 is 5.97 Å². The molecule has 0 fully saturated rings. The summed E-state index contributed by atoms with van der Waals surface area (Å²) in [5, 5.41) is 0. The van der Waals surface area contributed by atoms with E-state index in [0.29, 0.717) is 24.2 Å². The molecule has 0 aliphatic heterocycles. The average Bonchev–Trinajstić information content (AvgIpc) is 2.96. The molecule has 0 saturated carbocycles. The van der Waals surface area contributed by atoms with Crippen molar-refractivity contribution < 1.29 is 33.3 Å². The van der Waals surface area contributed by atoms with Crippen molar-refractivity contribution in [1.82, 2.24) is 0 Å². The quantitative estimate of drug-likeness (QED) is 0.108. The number of benzene rings is 3. The maximum absolute atomic E-state index is 11.0. The fourth-order valence-corrected chi connectivity index (χ4v) is 2.69. The van der Waals surface area contributed by atoms with Gasteiger partial charge in [-0.25, -0.2) is 4.79 Å². The molecule has 0 atom stereocenters. The molecule has 7 heteroatoms. The van der Waals surface area contributed by atoms with E-state index in [1.54, 1.807) is 38.5 Å². The molecule has 0 unspecified atom stereocenters. The number of esters is 1. The number of aldehydes is 2. The maximum Gasteiger partial charge on any atom is 0.335 e. The number of rotatable bonds is 11. The zero-order valence-corrected chi connectivity index (χ0v) is 21.1. The molecule has 0 aliphatic rings. The molecule has 0 aromatic heterocycles. The second kappa shape index (κ2) is 18.8. The molecule has 0 spiro atoms. The molecule has 3 aromatic carbocycles. The second-order valence-electron chi connectivity index (χ2n) is 7.13. The minimum Gasteiger partial charge on any atom is -0.497 e. The first-order valence-corrected chi connectivity index (χ1v) is 11.3. The third-order valence-electron chi connectivity index (χ3n) is 4.54. The molecule has 0 radical (unpaired) electrons. The molecule has 0 heterocycles. The molecule has 3 rings (SSSR count). The lowest BCUT2D eigenvalue weighted by Crippen LogP contribution is -2.02. The summed E-state index contributed by atoms with van der Waals surface area (Å²) in [5.41, 5.74) is 2.61. The van der Waals surface area contributed by atoms with Crippen molar-refractivity contribution in [2.75, 3.05) is 27.4 Å². The summed E-state index contributed by atoms with van der Waals surface area (Å²) in [5.74, 6) is 1.69. The van der Waals surface area contributed by atoms with Gasteiger partial charge in [0, 0.05) is 31.8 Å². The summed E-state index contributed by atoms with van der Waals surface area (Å²) in [7, 11) is 3.34. The van der Waals surface area contributed by atoms with Gasteiger partial charge >= 0.3 is 5.97 Å². The van der Waals surface area contributed by atoms with Gasteiger partial charge in [0.2, 0.25) is 0 Å². The highest BCUT2D eigenvalue weighted by Gasteiger charge is 2.02. The Bertz CT molecular complexity index is 1080. The number of methoxy groups -OCH3 is 2. The second-order valence-corrected chi connectivity index (χ2v) is 7.13. The zero-order valence-electron chi connectivity index (χ0n) is 21.1. The largest absolute Gasteiger partial charge is 0.497 e. The molecule has 0 amide bonds. The smallest absolute Gasteiger partial charge is 0.335 e. The van der Waals surface area contributed by atoms with Crippen LogP contribution in [0.2, 0.25) is 0 Å². The zero-order chi connectivity index (χ0) is 27.3. The van der Waals surface area contributed by atoms with Crippen molar-refractivity contribution in [3.05, 3.63) is 104 Å².